The second-order valence-electron chi connectivity index (χ2n) is 4.31. The predicted molar refractivity (Wildman–Crippen MR) is 64.2 cm³/mol. The Bertz CT molecular complexity index is 129. The molecule has 0 aliphatic rings. The minimum Gasteiger partial charge on any atom is -0.380 e. The van der Waals surface area contributed by atoms with Crippen molar-refractivity contribution in [3.8, 4) is 0 Å². The second-order valence-corrected chi connectivity index (χ2v) is 4.31. The van der Waals surface area contributed by atoms with Crippen LogP contribution in [0.1, 0.15) is 34.1 Å². The largest absolute Gasteiger partial charge is 0.380 e. The summed E-state index contributed by atoms with van der Waals surface area (Å²) in [6, 6.07) is 0.415. The molecule has 0 saturated heterocycles. The molecule has 15 heavy (non-hydrogen) atoms. The maximum Gasteiger partial charge on any atom is 0.0616 e. The van der Waals surface area contributed by atoms with E-state index in [4.69, 9.17) is 9.47 Å². The molecule has 0 radical (unpaired) electrons. The molecule has 0 spiro atoms. The highest BCUT2D eigenvalue weighted by Crippen LogP contribution is 1.98. The molecule has 1 unspecified atom stereocenters. The van der Waals surface area contributed by atoms with Crippen molar-refractivity contribution < 1.29 is 9.47 Å². The minimum atomic E-state index is 0.415. The number of nitrogens with one attached hydrogen (secondary N) is 1. The Morgan fingerprint density at radius 1 is 1.07 bits per heavy atom. The van der Waals surface area contributed by atoms with Crippen LogP contribution in [0.3, 0.4) is 0 Å². The van der Waals surface area contributed by atoms with Gasteiger partial charge in [-0.15, -0.1) is 0 Å². The standard InChI is InChI=1S/C12H27NO2/c1-5-14-10-12(4)13-7-9-15-8-6-11(2)3/h11-13H,5-10H2,1-4H3. The van der Waals surface area contributed by atoms with Crippen molar-refractivity contribution in [1.29, 1.82) is 0 Å². The average Bonchev–Trinajstić information content (AvgIpc) is 2.19. The van der Waals surface area contributed by atoms with E-state index in [0.717, 1.165) is 45.3 Å². The van der Waals surface area contributed by atoms with E-state index in [2.05, 4.69) is 26.1 Å². The van der Waals surface area contributed by atoms with Crippen LogP contribution >= 0.6 is 0 Å². The smallest absolute Gasteiger partial charge is 0.0616 e. The van der Waals surface area contributed by atoms with Crippen LogP contribution in [0.25, 0.3) is 0 Å². The molecule has 1 atom stereocenters. The third kappa shape index (κ3) is 11.8. The van der Waals surface area contributed by atoms with Crippen LogP contribution in [-0.4, -0.2) is 39.0 Å². The summed E-state index contributed by atoms with van der Waals surface area (Å²) in [6.07, 6.45) is 1.15. The van der Waals surface area contributed by atoms with Gasteiger partial charge in [0.1, 0.15) is 0 Å². The van der Waals surface area contributed by atoms with Gasteiger partial charge in [-0.25, -0.2) is 0 Å². The molecule has 92 valence electrons. The highest BCUT2D eigenvalue weighted by molar-refractivity contribution is 4.58. The Morgan fingerprint density at radius 2 is 1.80 bits per heavy atom. The van der Waals surface area contributed by atoms with Crippen LogP contribution in [-0.2, 0) is 9.47 Å². The van der Waals surface area contributed by atoms with E-state index < -0.39 is 0 Å². The van der Waals surface area contributed by atoms with Gasteiger partial charge in [0, 0.05) is 25.8 Å². The van der Waals surface area contributed by atoms with Crippen molar-refractivity contribution in [2.45, 2.75) is 40.2 Å². The Balaban J connectivity index is 3.09. The van der Waals surface area contributed by atoms with Gasteiger partial charge in [0.05, 0.1) is 13.2 Å². The van der Waals surface area contributed by atoms with Crippen LogP contribution in [0.4, 0.5) is 0 Å². The molecule has 0 aromatic heterocycles. The summed E-state index contributed by atoms with van der Waals surface area (Å²) < 4.78 is 10.8. The summed E-state index contributed by atoms with van der Waals surface area (Å²) in [7, 11) is 0. The average molecular weight is 217 g/mol. The molecule has 0 fully saturated rings. The molecular formula is C12H27NO2. The quantitative estimate of drug-likeness (QED) is 0.568. The highest BCUT2D eigenvalue weighted by atomic mass is 16.5. The van der Waals surface area contributed by atoms with E-state index in [1.165, 1.54) is 0 Å². The van der Waals surface area contributed by atoms with E-state index in [-0.39, 0.29) is 0 Å². The molecule has 3 heteroatoms. The molecule has 3 nitrogen and oxygen atoms in total. The summed E-state index contributed by atoms with van der Waals surface area (Å²) in [5.74, 6) is 0.731. The molecular weight excluding hydrogens is 190 g/mol. The third-order valence-electron chi connectivity index (χ3n) is 2.15. The lowest BCUT2D eigenvalue weighted by atomic mass is 10.1. The van der Waals surface area contributed by atoms with Gasteiger partial charge in [-0.2, -0.15) is 0 Å². The van der Waals surface area contributed by atoms with E-state index >= 15 is 0 Å². The lowest BCUT2D eigenvalue weighted by Crippen LogP contribution is -2.33. The normalized spacial score (nSPS) is 13.4. The van der Waals surface area contributed by atoms with Crippen LogP contribution in [0.2, 0.25) is 0 Å². The topological polar surface area (TPSA) is 30.5 Å². The van der Waals surface area contributed by atoms with E-state index in [1.54, 1.807) is 0 Å². The fourth-order valence-corrected chi connectivity index (χ4v) is 1.15. The molecule has 0 heterocycles. The molecule has 0 aromatic carbocycles. The number of hydrogen-bond acceptors (Lipinski definition) is 3. The van der Waals surface area contributed by atoms with Gasteiger partial charge in [-0.3, -0.25) is 0 Å². The highest BCUT2D eigenvalue weighted by Gasteiger charge is 1.99. The maximum absolute atomic E-state index is 5.50. The van der Waals surface area contributed by atoms with Crippen molar-refractivity contribution in [1.82, 2.24) is 5.32 Å². The summed E-state index contributed by atoms with van der Waals surface area (Å²) in [4.78, 5) is 0. The monoisotopic (exact) mass is 217 g/mol. The zero-order chi connectivity index (χ0) is 11.5. The molecule has 0 rings (SSSR count). The summed E-state index contributed by atoms with van der Waals surface area (Å²) in [5.41, 5.74) is 0. The summed E-state index contributed by atoms with van der Waals surface area (Å²) in [6.45, 7) is 12.7. The van der Waals surface area contributed by atoms with Crippen LogP contribution in [0, 0.1) is 5.92 Å². The number of ether oxygens (including phenoxy) is 2. The zero-order valence-electron chi connectivity index (χ0n) is 10.7. The first-order valence-corrected chi connectivity index (χ1v) is 6.05. The van der Waals surface area contributed by atoms with Gasteiger partial charge in [0.15, 0.2) is 0 Å². The van der Waals surface area contributed by atoms with Crippen LogP contribution in [0.5, 0.6) is 0 Å². The third-order valence-corrected chi connectivity index (χ3v) is 2.15. The van der Waals surface area contributed by atoms with Gasteiger partial charge in [0.2, 0.25) is 0 Å². The Labute approximate surface area is 94.5 Å². The van der Waals surface area contributed by atoms with Crippen LogP contribution < -0.4 is 5.32 Å². The molecule has 0 aromatic rings. The zero-order valence-corrected chi connectivity index (χ0v) is 10.7. The Morgan fingerprint density at radius 3 is 2.40 bits per heavy atom. The Kier molecular flexibility index (Phi) is 10.3. The Hall–Kier alpha value is -0.120. The number of rotatable bonds is 10. The van der Waals surface area contributed by atoms with E-state index in [0.29, 0.717) is 6.04 Å². The molecule has 1 N–H and O–H groups in total. The molecule has 0 aliphatic heterocycles. The lowest BCUT2D eigenvalue weighted by molar-refractivity contribution is 0.107. The SMILES string of the molecule is CCOCC(C)NCCOCCC(C)C. The fraction of sp³-hybridized carbons (Fsp3) is 1.00. The minimum absolute atomic E-state index is 0.415. The van der Waals surface area contributed by atoms with Crippen molar-refractivity contribution in [3.05, 3.63) is 0 Å². The van der Waals surface area contributed by atoms with E-state index in [9.17, 15) is 0 Å². The predicted octanol–water partition coefficient (Wildman–Crippen LogP) is 2.06. The molecule has 0 aliphatic carbocycles. The molecule has 0 amide bonds. The number of hydrogen-bond donors (Lipinski definition) is 1. The summed E-state index contributed by atoms with van der Waals surface area (Å²) >= 11 is 0. The van der Waals surface area contributed by atoms with Crippen LogP contribution in [0.15, 0.2) is 0 Å². The first kappa shape index (κ1) is 14.9. The van der Waals surface area contributed by atoms with Gasteiger partial charge >= 0.3 is 0 Å². The molecule has 0 bridgehead atoms. The van der Waals surface area contributed by atoms with Crippen molar-refractivity contribution in [2.24, 2.45) is 5.92 Å². The van der Waals surface area contributed by atoms with Crippen molar-refractivity contribution in [3.63, 3.8) is 0 Å². The van der Waals surface area contributed by atoms with Gasteiger partial charge in [0.25, 0.3) is 0 Å². The fourth-order valence-electron chi connectivity index (χ4n) is 1.15. The summed E-state index contributed by atoms with van der Waals surface area (Å²) in [5, 5.41) is 3.36. The first-order valence-electron chi connectivity index (χ1n) is 6.05. The van der Waals surface area contributed by atoms with E-state index in [1.807, 2.05) is 6.92 Å². The second kappa shape index (κ2) is 10.4. The molecule has 0 saturated carbocycles. The van der Waals surface area contributed by atoms with Gasteiger partial charge in [-0.1, -0.05) is 13.8 Å². The van der Waals surface area contributed by atoms with Gasteiger partial charge < -0.3 is 14.8 Å². The van der Waals surface area contributed by atoms with Crippen molar-refractivity contribution in [2.75, 3.05) is 33.0 Å². The first-order chi connectivity index (χ1) is 7.16. The lowest BCUT2D eigenvalue weighted by Gasteiger charge is -2.13. The maximum atomic E-state index is 5.50. The van der Waals surface area contributed by atoms with Crippen molar-refractivity contribution >= 4 is 0 Å². The van der Waals surface area contributed by atoms with Gasteiger partial charge in [-0.05, 0) is 26.2 Å².